The molecule has 0 spiro atoms. The van der Waals surface area contributed by atoms with Crippen molar-refractivity contribution < 1.29 is 19.4 Å². The van der Waals surface area contributed by atoms with Crippen molar-refractivity contribution in [3.8, 4) is 5.75 Å². The molecule has 0 saturated heterocycles. The monoisotopic (exact) mass is 238 g/mol. The Morgan fingerprint density at radius 1 is 1.18 bits per heavy atom. The van der Waals surface area contributed by atoms with Crippen molar-refractivity contribution in [3.05, 3.63) is 29.8 Å². The summed E-state index contributed by atoms with van der Waals surface area (Å²) in [5.41, 5.74) is 0.770. The van der Waals surface area contributed by atoms with Crippen LogP contribution in [0.1, 0.15) is 18.9 Å². The quantitative estimate of drug-likeness (QED) is 0.705. The molecular formula is C13H18O4. The Hall–Kier alpha value is -1.55. The number of ether oxygens (including phenoxy) is 2. The number of carboxylic acid groups (broad SMARTS) is 1. The van der Waals surface area contributed by atoms with Gasteiger partial charge in [-0.1, -0.05) is 19.1 Å². The zero-order valence-corrected chi connectivity index (χ0v) is 10.0. The van der Waals surface area contributed by atoms with E-state index in [0.29, 0.717) is 13.2 Å². The highest BCUT2D eigenvalue weighted by molar-refractivity contribution is 5.70. The second kappa shape index (κ2) is 7.68. The fraction of sp³-hybridized carbons (Fsp3) is 0.462. The predicted molar refractivity (Wildman–Crippen MR) is 64.4 cm³/mol. The van der Waals surface area contributed by atoms with E-state index in [0.717, 1.165) is 24.3 Å². The van der Waals surface area contributed by atoms with Gasteiger partial charge in [0, 0.05) is 6.61 Å². The minimum Gasteiger partial charge on any atom is -0.491 e. The molecule has 0 saturated carbocycles. The normalized spacial score (nSPS) is 10.2. The summed E-state index contributed by atoms with van der Waals surface area (Å²) in [4.78, 5) is 10.5. The molecule has 0 aromatic heterocycles. The van der Waals surface area contributed by atoms with E-state index in [1.165, 1.54) is 0 Å². The van der Waals surface area contributed by atoms with Crippen molar-refractivity contribution in [2.45, 2.75) is 19.8 Å². The molecule has 4 heteroatoms. The van der Waals surface area contributed by atoms with E-state index in [1.54, 1.807) is 24.3 Å². The van der Waals surface area contributed by atoms with Gasteiger partial charge in [0.05, 0.1) is 13.0 Å². The van der Waals surface area contributed by atoms with Gasteiger partial charge in [-0.3, -0.25) is 4.79 Å². The highest BCUT2D eigenvalue weighted by atomic mass is 16.5. The van der Waals surface area contributed by atoms with Crippen LogP contribution in [0.4, 0.5) is 0 Å². The molecule has 0 radical (unpaired) electrons. The van der Waals surface area contributed by atoms with Crippen molar-refractivity contribution in [2.24, 2.45) is 0 Å². The van der Waals surface area contributed by atoms with Crippen LogP contribution in [0.3, 0.4) is 0 Å². The summed E-state index contributed by atoms with van der Waals surface area (Å²) in [7, 11) is 0. The molecule has 4 nitrogen and oxygen atoms in total. The van der Waals surface area contributed by atoms with Gasteiger partial charge < -0.3 is 14.6 Å². The first-order valence-electron chi connectivity index (χ1n) is 5.73. The molecule has 0 amide bonds. The zero-order chi connectivity index (χ0) is 12.5. The van der Waals surface area contributed by atoms with Crippen LogP contribution >= 0.6 is 0 Å². The lowest BCUT2D eigenvalue weighted by Gasteiger charge is -2.07. The molecule has 1 rings (SSSR count). The van der Waals surface area contributed by atoms with Gasteiger partial charge >= 0.3 is 5.97 Å². The molecule has 0 bridgehead atoms. The second-order valence-electron chi connectivity index (χ2n) is 3.68. The molecule has 0 aliphatic rings. The first-order valence-corrected chi connectivity index (χ1v) is 5.73. The minimum atomic E-state index is -0.827. The van der Waals surface area contributed by atoms with E-state index < -0.39 is 5.97 Å². The lowest BCUT2D eigenvalue weighted by atomic mass is 10.1. The third-order valence-electron chi connectivity index (χ3n) is 2.12. The van der Waals surface area contributed by atoms with Gasteiger partial charge in [-0.15, -0.1) is 0 Å². The summed E-state index contributed by atoms with van der Waals surface area (Å²) in [5, 5.41) is 8.61. The Morgan fingerprint density at radius 3 is 2.47 bits per heavy atom. The van der Waals surface area contributed by atoms with Crippen LogP contribution in [-0.2, 0) is 16.0 Å². The summed E-state index contributed by atoms with van der Waals surface area (Å²) in [6.45, 7) is 3.89. The Balaban J connectivity index is 2.28. The van der Waals surface area contributed by atoms with Crippen molar-refractivity contribution in [3.63, 3.8) is 0 Å². The van der Waals surface area contributed by atoms with Crippen molar-refractivity contribution >= 4 is 5.97 Å². The van der Waals surface area contributed by atoms with E-state index in [4.69, 9.17) is 14.6 Å². The van der Waals surface area contributed by atoms with Crippen LogP contribution in [-0.4, -0.2) is 30.9 Å². The van der Waals surface area contributed by atoms with Crippen LogP contribution in [0.15, 0.2) is 24.3 Å². The number of aliphatic carboxylic acids is 1. The molecule has 0 atom stereocenters. The predicted octanol–water partition coefficient (Wildman–Crippen LogP) is 2.12. The Bertz CT molecular complexity index is 332. The van der Waals surface area contributed by atoms with Crippen molar-refractivity contribution in [2.75, 3.05) is 19.8 Å². The molecule has 1 N–H and O–H groups in total. The average Bonchev–Trinajstić information content (AvgIpc) is 2.30. The zero-order valence-electron chi connectivity index (χ0n) is 10.0. The van der Waals surface area contributed by atoms with Gasteiger partial charge in [0.25, 0.3) is 0 Å². The molecule has 94 valence electrons. The molecule has 0 unspecified atom stereocenters. The maximum absolute atomic E-state index is 10.5. The lowest BCUT2D eigenvalue weighted by Crippen LogP contribution is -2.07. The number of hydrogen-bond acceptors (Lipinski definition) is 3. The Labute approximate surface area is 101 Å². The number of carboxylic acids is 1. The highest BCUT2D eigenvalue weighted by Crippen LogP contribution is 2.12. The van der Waals surface area contributed by atoms with Gasteiger partial charge in [0.15, 0.2) is 0 Å². The van der Waals surface area contributed by atoms with Crippen LogP contribution in [0.2, 0.25) is 0 Å². The first-order chi connectivity index (χ1) is 8.22. The van der Waals surface area contributed by atoms with Crippen LogP contribution in [0.25, 0.3) is 0 Å². The minimum absolute atomic E-state index is 0.0416. The van der Waals surface area contributed by atoms with E-state index in [1.807, 2.05) is 0 Å². The van der Waals surface area contributed by atoms with Gasteiger partial charge in [-0.05, 0) is 24.1 Å². The van der Waals surface area contributed by atoms with E-state index in [9.17, 15) is 4.79 Å². The molecule has 17 heavy (non-hydrogen) atoms. The Morgan fingerprint density at radius 2 is 1.88 bits per heavy atom. The maximum Gasteiger partial charge on any atom is 0.307 e. The van der Waals surface area contributed by atoms with E-state index in [2.05, 4.69) is 6.92 Å². The summed E-state index contributed by atoms with van der Waals surface area (Å²) in [6.07, 6.45) is 1.05. The number of benzene rings is 1. The standard InChI is InChI=1S/C13H18O4/c1-2-7-16-8-9-17-12-5-3-11(4-6-12)10-13(14)15/h3-6H,2,7-10H2,1H3,(H,14,15). The van der Waals surface area contributed by atoms with Gasteiger partial charge in [0.2, 0.25) is 0 Å². The molecule has 0 aliphatic heterocycles. The molecule has 1 aromatic rings. The van der Waals surface area contributed by atoms with Crippen molar-refractivity contribution in [1.82, 2.24) is 0 Å². The second-order valence-corrected chi connectivity index (χ2v) is 3.68. The van der Waals surface area contributed by atoms with Crippen LogP contribution in [0.5, 0.6) is 5.75 Å². The number of carbonyl (C=O) groups is 1. The Kier molecular flexibility index (Phi) is 6.10. The summed E-state index contributed by atoms with van der Waals surface area (Å²) in [5.74, 6) is -0.0918. The summed E-state index contributed by atoms with van der Waals surface area (Å²) in [6, 6.07) is 7.07. The van der Waals surface area contributed by atoms with Gasteiger partial charge in [0.1, 0.15) is 12.4 Å². The smallest absolute Gasteiger partial charge is 0.307 e. The largest absolute Gasteiger partial charge is 0.491 e. The number of rotatable bonds is 8. The number of hydrogen-bond donors (Lipinski definition) is 1. The fourth-order valence-electron chi connectivity index (χ4n) is 1.34. The molecular weight excluding hydrogens is 220 g/mol. The summed E-state index contributed by atoms with van der Waals surface area (Å²) < 4.78 is 10.7. The third-order valence-corrected chi connectivity index (χ3v) is 2.12. The highest BCUT2D eigenvalue weighted by Gasteiger charge is 2.00. The third kappa shape index (κ3) is 5.92. The van der Waals surface area contributed by atoms with E-state index >= 15 is 0 Å². The lowest BCUT2D eigenvalue weighted by molar-refractivity contribution is -0.136. The summed E-state index contributed by atoms with van der Waals surface area (Å²) >= 11 is 0. The molecule has 0 fully saturated rings. The van der Waals surface area contributed by atoms with Gasteiger partial charge in [-0.25, -0.2) is 0 Å². The first kappa shape index (κ1) is 13.5. The SMILES string of the molecule is CCCOCCOc1ccc(CC(=O)O)cc1. The fourth-order valence-corrected chi connectivity index (χ4v) is 1.34. The van der Waals surface area contributed by atoms with E-state index in [-0.39, 0.29) is 6.42 Å². The molecule has 0 aliphatic carbocycles. The molecule has 1 aromatic carbocycles. The maximum atomic E-state index is 10.5. The average molecular weight is 238 g/mol. The van der Waals surface area contributed by atoms with Crippen LogP contribution in [0, 0.1) is 0 Å². The van der Waals surface area contributed by atoms with Crippen LogP contribution < -0.4 is 4.74 Å². The molecule has 0 heterocycles. The van der Waals surface area contributed by atoms with Gasteiger partial charge in [-0.2, -0.15) is 0 Å². The topological polar surface area (TPSA) is 55.8 Å². The van der Waals surface area contributed by atoms with Crippen molar-refractivity contribution in [1.29, 1.82) is 0 Å².